The number of rotatable bonds is 1. The van der Waals surface area contributed by atoms with Gasteiger partial charge < -0.3 is 5.73 Å². The highest BCUT2D eigenvalue weighted by molar-refractivity contribution is 4.76. The van der Waals surface area contributed by atoms with Crippen LogP contribution in [0.15, 0.2) is 0 Å². The molecule has 48 valence electrons. The van der Waals surface area contributed by atoms with Crippen LogP contribution in [0.5, 0.6) is 0 Å². The van der Waals surface area contributed by atoms with Crippen molar-refractivity contribution in [2.45, 2.75) is 38.6 Å². The Kier molecular flexibility index (Phi) is 1.90. The quantitative estimate of drug-likeness (QED) is 0.548. The lowest BCUT2D eigenvalue weighted by Crippen LogP contribution is -2.14. The van der Waals surface area contributed by atoms with Crippen LogP contribution in [-0.2, 0) is 0 Å². The van der Waals surface area contributed by atoms with Crippen LogP contribution in [0.25, 0.3) is 0 Å². The second kappa shape index (κ2) is 2.49. The van der Waals surface area contributed by atoms with Gasteiger partial charge in [0.05, 0.1) is 0 Å². The van der Waals surface area contributed by atoms with Gasteiger partial charge in [0, 0.05) is 6.04 Å². The Balaban J connectivity index is 2.22. The van der Waals surface area contributed by atoms with Crippen molar-refractivity contribution >= 4 is 0 Å². The third kappa shape index (κ3) is 1.22. The molecule has 2 unspecified atom stereocenters. The maximum atomic E-state index is 5.70. The molecule has 1 aliphatic rings. The first kappa shape index (κ1) is 6.09. The Hall–Kier alpha value is -0.0400. The zero-order chi connectivity index (χ0) is 5.98. The van der Waals surface area contributed by atoms with Crippen molar-refractivity contribution in [2.24, 2.45) is 11.7 Å². The molecule has 0 saturated heterocycles. The van der Waals surface area contributed by atoms with Crippen molar-refractivity contribution in [3.63, 3.8) is 0 Å². The van der Waals surface area contributed by atoms with E-state index in [0.29, 0.717) is 6.04 Å². The van der Waals surface area contributed by atoms with Gasteiger partial charge in [-0.05, 0) is 25.2 Å². The average Bonchev–Trinajstić information content (AvgIpc) is 2.14. The summed E-state index contributed by atoms with van der Waals surface area (Å²) in [6.45, 7) is 2.25. The van der Waals surface area contributed by atoms with E-state index >= 15 is 0 Å². The summed E-state index contributed by atoms with van der Waals surface area (Å²) in [6, 6.07) is 0.528. The lowest BCUT2D eigenvalue weighted by atomic mass is 10.1. The molecule has 0 heterocycles. The summed E-state index contributed by atoms with van der Waals surface area (Å²) >= 11 is 0. The van der Waals surface area contributed by atoms with E-state index in [4.69, 9.17) is 5.73 Å². The molecular weight excluding hydrogens is 98.1 g/mol. The van der Waals surface area contributed by atoms with Crippen molar-refractivity contribution in [1.29, 1.82) is 0 Å². The standard InChI is InChI=1S/C7H15N/c1-2-6-3-4-7(8)5-6/h6-7H,2-5,8H2,1H3. The molecule has 1 rings (SSSR count). The van der Waals surface area contributed by atoms with Crippen molar-refractivity contribution in [1.82, 2.24) is 0 Å². The minimum absolute atomic E-state index is 0.528. The molecule has 0 amide bonds. The Morgan fingerprint density at radius 2 is 2.25 bits per heavy atom. The summed E-state index contributed by atoms with van der Waals surface area (Å²) in [7, 11) is 0. The third-order valence-electron chi connectivity index (χ3n) is 2.16. The summed E-state index contributed by atoms with van der Waals surface area (Å²) in [5, 5.41) is 0. The largest absolute Gasteiger partial charge is 0.328 e. The van der Waals surface area contributed by atoms with E-state index < -0.39 is 0 Å². The van der Waals surface area contributed by atoms with Crippen molar-refractivity contribution in [2.75, 3.05) is 0 Å². The normalized spacial score (nSPS) is 38.2. The average molecular weight is 113 g/mol. The van der Waals surface area contributed by atoms with E-state index in [-0.39, 0.29) is 0 Å². The second-order valence-electron chi connectivity index (χ2n) is 2.85. The summed E-state index contributed by atoms with van der Waals surface area (Å²) in [5.41, 5.74) is 5.70. The fourth-order valence-corrected chi connectivity index (χ4v) is 1.48. The molecular formula is C7H15N. The highest BCUT2D eigenvalue weighted by Crippen LogP contribution is 2.25. The summed E-state index contributed by atoms with van der Waals surface area (Å²) < 4.78 is 0. The Labute approximate surface area is 51.3 Å². The zero-order valence-corrected chi connectivity index (χ0v) is 5.56. The van der Waals surface area contributed by atoms with Gasteiger partial charge in [0.25, 0.3) is 0 Å². The third-order valence-corrected chi connectivity index (χ3v) is 2.16. The Morgan fingerprint density at radius 1 is 1.50 bits per heavy atom. The zero-order valence-electron chi connectivity index (χ0n) is 5.56. The van der Waals surface area contributed by atoms with Gasteiger partial charge in [0.1, 0.15) is 0 Å². The molecule has 1 heteroatoms. The topological polar surface area (TPSA) is 26.0 Å². The molecule has 0 aliphatic heterocycles. The predicted octanol–water partition coefficient (Wildman–Crippen LogP) is 1.52. The first-order chi connectivity index (χ1) is 3.83. The van der Waals surface area contributed by atoms with E-state index in [0.717, 1.165) is 5.92 Å². The smallest absolute Gasteiger partial charge is 0.00415 e. The van der Waals surface area contributed by atoms with Gasteiger partial charge in [-0.3, -0.25) is 0 Å². The van der Waals surface area contributed by atoms with Crippen LogP contribution in [-0.4, -0.2) is 6.04 Å². The van der Waals surface area contributed by atoms with Gasteiger partial charge in [-0.1, -0.05) is 13.3 Å². The number of hydrogen-bond donors (Lipinski definition) is 1. The van der Waals surface area contributed by atoms with Gasteiger partial charge in [-0.2, -0.15) is 0 Å². The second-order valence-corrected chi connectivity index (χ2v) is 2.85. The molecule has 8 heavy (non-hydrogen) atoms. The molecule has 2 N–H and O–H groups in total. The van der Waals surface area contributed by atoms with Crippen LogP contribution in [0, 0.1) is 5.92 Å². The van der Waals surface area contributed by atoms with E-state index in [1.807, 2.05) is 0 Å². The molecule has 1 fully saturated rings. The molecule has 1 saturated carbocycles. The SMILES string of the molecule is CCC1CCC(N)C1. The van der Waals surface area contributed by atoms with Crippen LogP contribution in [0.2, 0.25) is 0 Å². The van der Waals surface area contributed by atoms with Crippen molar-refractivity contribution in [3.05, 3.63) is 0 Å². The summed E-state index contributed by atoms with van der Waals surface area (Å²) in [6.07, 6.45) is 5.24. The molecule has 0 aromatic heterocycles. The molecule has 2 atom stereocenters. The Morgan fingerprint density at radius 3 is 2.50 bits per heavy atom. The maximum absolute atomic E-state index is 5.70. The summed E-state index contributed by atoms with van der Waals surface area (Å²) in [4.78, 5) is 0. The minimum Gasteiger partial charge on any atom is -0.328 e. The van der Waals surface area contributed by atoms with Crippen LogP contribution in [0.3, 0.4) is 0 Å². The first-order valence-corrected chi connectivity index (χ1v) is 3.58. The fraction of sp³-hybridized carbons (Fsp3) is 1.00. The van der Waals surface area contributed by atoms with E-state index in [1.54, 1.807) is 0 Å². The van der Waals surface area contributed by atoms with Gasteiger partial charge in [0.15, 0.2) is 0 Å². The maximum Gasteiger partial charge on any atom is 0.00415 e. The first-order valence-electron chi connectivity index (χ1n) is 3.58. The van der Waals surface area contributed by atoms with Crippen LogP contribution < -0.4 is 5.73 Å². The van der Waals surface area contributed by atoms with Crippen LogP contribution in [0.1, 0.15) is 32.6 Å². The monoisotopic (exact) mass is 113 g/mol. The lowest BCUT2D eigenvalue weighted by Gasteiger charge is -2.02. The van der Waals surface area contributed by atoms with Gasteiger partial charge in [-0.25, -0.2) is 0 Å². The minimum atomic E-state index is 0.528. The van der Waals surface area contributed by atoms with Crippen LogP contribution >= 0.6 is 0 Å². The molecule has 1 aliphatic carbocycles. The van der Waals surface area contributed by atoms with E-state index in [2.05, 4.69) is 6.92 Å². The Bertz CT molecular complexity index is 70.8. The van der Waals surface area contributed by atoms with Crippen molar-refractivity contribution < 1.29 is 0 Å². The molecule has 0 bridgehead atoms. The summed E-state index contributed by atoms with van der Waals surface area (Å²) in [5.74, 6) is 0.949. The van der Waals surface area contributed by atoms with Gasteiger partial charge >= 0.3 is 0 Å². The van der Waals surface area contributed by atoms with Gasteiger partial charge in [-0.15, -0.1) is 0 Å². The lowest BCUT2D eigenvalue weighted by molar-refractivity contribution is 0.520. The number of nitrogens with two attached hydrogens (primary N) is 1. The molecule has 0 aromatic rings. The highest BCUT2D eigenvalue weighted by atomic mass is 14.6. The fourth-order valence-electron chi connectivity index (χ4n) is 1.48. The highest BCUT2D eigenvalue weighted by Gasteiger charge is 2.19. The van der Waals surface area contributed by atoms with E-state index in [9.17, 15) is 0 Å². The number of hydrogen-bond acceptors (Lipinski definition) is 1. The van der Waals surface area contributed by atoms with Gasteiger partial charge in [0.2, 0.25) is 0 Å². The molecule has 1 nitrogen and oxygen atoms in total. The predicted molar refractivity (Wildman–Crippen MR) is 35.6 cm³/mol. The molecule has 0 spiro atoms. The van der Waals surface area contributed by atoms with Crippen molar-refractivity contribution in [3.8, 4) is 0 Å². The van der Waals surface area contributed by atoms with E-state index in [1.165, 1.54) is 25.7 Å². The van der Waals surface area contributed by atoms with Crippen LogP contribution in [0.4, 0.5) is 0 Å². The molecule has 0 aromatic carbocycles. The molecule has 0 radical (unpaired) electrons.